The molecule has 6 nitrogen and oxygen atoms in total. The van der Waals surface area contributed by atoms with Crippen LogP contribution < -0.4 is 5.32 Å². The maximum absolute atomic E-state index is 13.1. The van der Waals surface area contributed by atoms with E-state index in [1.165, 1.54) is 36.6 Å². The first-order valence-electron chi connectivity index (χ1n) is 9.25. The number of ketones is 1. The Morgan fingerprint density at radius 3 is 2.65 bits per heavy atom. The van der Waals surface area contributed by atoms with Gasteiger partial charge in [-0.1, -0.05) is 0 Å². The van der Waals surface area contributed by atoms with Crippen LogP contribution in [0.1, 0.15) is 44.4 Å². The van der Waals surface area contributed by atoms with E-state index in [1.54, 1.807) is 31.4 Å². The van der Waals surface area contributed by atoms with Crippen molar-refractivity contribution in [2.45, 2.75) is 20.8 Å². The first kappa shape index (κ1) is 22.3. The Kier molecular flexibility index (Phi) is 6.95. The van der Waals surface area contributed by atoms with Crippen molar-refractivity contribution in [3.8, 4) is 17.3 Å². The van der Waals surface area contributed by atoms with E-state index in [0.29, 0.717) is 26.1 Å². The summed E-state index contributed by atoms with van der Waals surface area (Å²) in [4.78, 5) is 29.2. The molecule has 0 radical (unpaired) electrons. The quantitative estimate of drug-likeness (QED) is 0.280. The van der Waals surface area contributed by atoms with E-state index in [4.69, 9.17) is 4.74 Å². The fourth-order valence-corrected chi connectivity index (χ4v) is 4.68. The average molecular weight is 456 g/mol. The van der Waals surface area contributed by atoms with Crippen molar-refractivity contribution in [3.05, 3.63) is 62.7 Å². The van der Waals surface area contributed by atoms with Gasteiger partial charge in [0.25, 0.3) is 0 Å². The summed E-state index contributed by atoms with van der Waals surface area (Å²) in [6.45, 7) is 5.02. The number of carbonyl (C=O) groups excluding carboxylic acids is 2. The number of carbonyl (C=O) groups is 2. The van der Waals surface area contributed by atoms with Crippen molar-refractivity contribution in [2.75, 3.05) is 11.9 Å². The van der Waals surface area contributed by atoms with Crippen molar-refractivity contribution in [2.24, 2.45) is 0 Å². The molecule has 1 N–H and O–H groups in total. The van der Waals surface area contributed by atoms with Gasteiger partial charge in [0.1, 0.15) is 27.5 Å². The largest absolute Gasteiger partial charge is 0.462 e. The predicted octanol–water partition coefficient (Wildman–Crippen LogP) is 5.68. The summed E-state index contributed by atoms with van der Waals surface area (Å²) in [6.07, 6.45) is 1.45. The molecule has 1 aromatic carbocycles. The number of ether oxygens (including phenoxy) is 1. The molecular formula is C22H18FN3O3S2. The van der Waals surface area contributed by atoms with E-state index in [2.05, 4.69) is 16.4 Å². The van der Waals surface area contributed by atoms with Crippen LogP contribution in [-0.2, 0) is 4.74 Å². The Hall–Kier alpha value is -3.35. The summed E-state index contributed by atoms with van der Waals surface area (Å²) in [7, 11) is 0. The van der Waals surface area contributed by atoms with E-state index in [-0.39, 0.29) is 29.3 Å². The predicted molar refractivity (Wildman–Crippen MR) is 120 cm³/mol. The lowest BCUT2D eigenvalue weighted by atomic mass is 10.1. The maximum atomic E-state index is 13.1. The third kappa shape index (κ3) is 4.87. The number of thiophene rings is 1. The van der Waals surface area contributed by atoms with E-state index in [0.717, 1.165) is 16.9 Å². The molecule has 0 unspecified atom stereocenters. The molecule has 0 aliphatic rings. The van der Waals surface area contributed by atoms with E-state index >= 15 is 0 Å². The van der Waals surface area contributed by atoms with Crippen LogP contribution in [0, 0.1) is 24.1 Å². The normalized spacial score (nSPS) is 11.1. The highest BCUT2D eigenvalue weighted by Gasteiger charge is 2.24. The maximum Gasteiger partial charge on any atom is 0.341 e. The molecule has 0 saturated carbocycles. The van der Waals surface area contributed by atoms with Gasteiger partial charge in [0, 0.05) is 17.1 Å². The number of hydrogen-bond donors (Lipinski definition) is 1. The van der Waals surface area contributed by atoms with Gasteiger partial charge in [0.15, 0.2) is 5.78 Å². The first-order chi connectivity index (χ1) is 14.8. The molecule has 0 bridgehead atoms. The van der Waals surface area contributed by atoms with Crippen molar-refractivity contribution >= 4 is 45.0 Å². The molecule has 0 aliphatic carbocycles. The summed E-state index contributed by atoms with van der Waals surface area (Å²) in [5.74, 6) is -1.03. The third-order valence-corrected chi connectivity index (χ3v) is 6.49. The molecule has 9 heteroatoms. The van der Waals surface area contributed by atoms with Gasteiger partial charge < -0.3 is 10.1 Å². The minimum Gasteiger partial charge on any atom is -0.462 e. The number of allylic oxidation sites excluding steroid dienone is 1. The van der Waals surface area contributed by atoms with Gasteiger partial charge in [-0.2, -0.15) is 5.26 Å². The van der Waals surface area contributed by atoms with E-state index in [9.17, 15) is 19.2 Å². The monoisotopic (exact) mass is 455 g/mol. The van der Waals surface area contributed by atoms with Crippen molar-refractivity contribution in [1.29, 1.82) is 5.26 Å². The van der Waals surface area contributed by atoms with Crippen LogP contribution in [0.4, 0.5) is 9.39 Å². The Morgan fingerprint density at radius 1 is 1.32 bits per heavy atom. The summed E-state index contributed by atoms with van der Waals surface area (Å²) in [5, 5.41) is 15.2. The fourth-order valence-electron chi connectivity index (χ4n) is 2.83. The lowest BCUT2D eigenvalue weighted by Gasteiger charge is -2.05. The highest BCUT2D eigenvalue weighted by molar-refractivity contribution is 7.18. The highest BCUT2D eigenvalue weighted by atomic mass is 32.1. The summed E-state index contributed by atoms with van der Waals surface area (Å²) in [6, 6.07) is 8.02. The smallest absolute Gasteiger partial charge is 0.341 e. The van der Waals surface area contributed by atoms with E-state index < -0.39 is 5.97 Å². The highest BCUT2D eigenvalue weighted by Crippen LogP contribution is 2.35. The van der Waals surface area contributed by atoms with Crippen LogP contribution >= 0.6 is 22.7 Å². The lowest BCUT2D eigenvalue weighted by Crippen LogP contribution is -2.08. The number of nitriles is 1. The molecule has 158 valence electrons. The molecule has 2 heterocycles. The van der Waals surface area contributed by atoms with Gasteiger partial charge in [-0.15, -0.1) is 22.7 Å². The lowest BCUT2D eigenvalue weighted by molar-refractivity contribution is 0.0527. The molecule has 31 heavy (non-hydrogen) atoms. The second-order valence-corrected chi connectivity index (χ2v) is 8.27. The number of nitrogens with one attached hydrogen (secondary N) is 1. The Balaban J connectivity index is 1.92. The zero-order chi connectivity index (χ0) is 22.5. The molecule has 0 fully saturated rings. The van der Waals surface area contributed by atoms with Crippen LogP contribution in [0.5, 0.6) is 0 Å². The Labute approximate surface area is 186 Å². The molecule has 0 amide bonds. The number of hydrogen-bond acceptors (Lipinski definition) is 8. The van der Waals surface area contributed by atoms with Crippen LogP contribution in [0.25, 0.3) is 16.8 Å². The minimum atomic E-state index is -0.536. The minimum absolute atomic E-state index is 0.158. The van der Waals surface area contributed by atoms with Crippen LogP contribution in [0.3, 0.4) is 0 Å². The summed E-state index contributed by atoms with van der Waals surface area (Å²) >= 11 is 2.40. The average Bonchev–Trinajstić information content (AvgIpc) is 3.34. The number of rotatable bonds is 7. The second kappa shape index (κ2) is 9.64. The molecule has 0 saturated heterocycles. The molecule has 0 aliphatic heterocycles. The number of nitrogens with zero attached hydrogens (tertiary/aromatic N) is 2. The molecule has 0 spiro atoms. The zero-order valence-corrected chi connectivity index (χ0v) is 18.6. The second-order valence-electron chi connectivity index (χ2n) is 6.40. The number of esters is 1. The molecule has 3 rings (SSSR count). The van der Waals surface area contributed by atoms with Crippen LogP contribution in [-0.4, -0.2) is 23.3 Å². The number of halogens is 1. The Morgan fingerprint density at radius 2 is 2.03 bits per heavy atom. The molecule has 3 aromatic rings. The van der Waals surface area contributed by atoms with Crippen LogP contribution in [0.2, 0.25) is 0 Å². The molecule has 2 aromatic heterocycles. The SMILES string of the molecule is CCOC(=O)c1c(N/C=C(\C#N)c2nc(-c3ccc(F)cc3)cs2)sc(C(C)=O)c1C. The molecule has 0 atom stereocenters. The standard InChI is InChI=1S/C22H18FN3O3S2/c1-4-29-22(28)18-12(2)19(13(3)27)31-21(18)25-10-15(9-24)20-26-17(11-30-20)14-5-7-16(23)8-6-14/h5-8,10-11,25H,4H2,1-3H3/b15-10+. The van der Waals surface area contributed by atoms with Crippen LogP contribution in [0.15, 0.2) is 35.8 Å². The van der Waals surface area contributed by atoms with Gasteiger partial charge >= 0.3 is 5.97 Å². The van der Waals surface area contributed by atoms with Gasteiger partial charge in [-0.3, -0.25) is 4.79 Å². The van der Waals surface area contributed by atoms with Crippen molar-refractivity contribution in [1.82, 2.24) is 4.98 Å². The third-order valence-electron chi connectivity index (χ3n) is 4.29. The van der Waals surface area contributed by atoms with Gasteiger partial charge in [0.2, 0.25) is 0 Å². The summed E-state index contributed by atoms with van der Waals surface area (Å²) in [5.41, 5.74) is 2.43. The topological polar surface area (TPSA) is 92.1 Å². The number of aromatic nitrogens is 1. The fraction of sp³-hybridized carbons (Fsp3) is 0.182. The Bertz CT molecular complexity index is 1200. The van der Waals surface area contributed by atoms with Crippen molar-refractivity contribution < 1.29 is 18.7 Å². The van der Waals surface area contributed by atoms with Gasteiger partial charge in [-0.25, -0.2) is 14.2 Å². The number of benzene rings is 1. The van der Waals surface area contributed by atoms with Gasteiger partial charge in [0.05, 0.1) is 22.7 Å². The number of Topliss-reactive ketones (excluding diaryl/α,β-unsaturated/α-hetero) is 1. The van der Waals surface area contributed by atoms with E-state index in [1.807, 2.05) is 0 Å². The number of anilines is 1. The zero-order valence-electron chi connectivity index (χ0n) is 17.0. The van der Waals surface area contributed by atoms with Crippen molar-refractivity contribution in [3.63, 3.8) is 0 Å². The molecular weight excluding hydrogens is 437 g/mol. The first-order valence-corrected chi connectivity index (χ1v) is 10.9. The number of thiazole rings is 1. The van der Waals surface area contributed by atoms with Gasteiger partial charge in [-0.05, 0) is 50.6 Å². The summed E-state index contributed by atoms with van der Waals surface area (Å²) < 4.78 is 18.3.